The zero-order valence-electron chi connectivity index (χ0n) is 17.4. The fourth-order valence-corrected chi connectivity index (χ4v) is 4.36. The van der Waals surface area contributed by atoms with Crippen molar-refractivity contribution in [2.45, 2.75) is 24.4 Å². The third kappa shape index (κ3) is 3.60. The van der Waals surface area contributed by atoms with Gasteiger partial charge in [0.1, 0.15) is 24.0 Å². The first-order valence-electron chi connectivity index (χ1n) is 10.6. The molecular weight excluding hydrogens is 427 g/mol. The minimum Gasteiger partial charge on any atom is -0.470 e. The maximum absolute atomic E-state index is 14.9. The minimum atomic E-state index is -0.646. The van der Waals surface area contributed by atoms with Crippen molar-refractivity contribution in [3.05, 3.63) is 60.5 Å². The Hall–Kier alpha value is -3.53. The van der Waals surface area contributed by atoms with Crippen LogP contribution >= 0.6 is 0 Å². The highest BCUT2D eigenvalue weighted by Crippen LogP contribution is 2.32. The van der Waals surface area contributed by atoms with E-state index in [4.69, 9.17) is 19.9 Å². The standard InChI is InChI=1S/C24H21FN4O4/c25-15-7-17-18(8-21(28-17)33-20-11-32-23-19(30)10-31-24(20)23)29-22(15)13-3-1-12(2-4-13)16-6-5-14(26)9-27-16/h1-9,19-20,23-24,28,30H,10-11,26H2/t19-,20-,23?,24-/m1/s1. The number of benzene rings is 1. The van der Waals surface area contributed by atoms with Gasteiger partial charge in [-0.15, -0.1) is 0 Å². The van der Waals surface area contributed by atoms with Gasteiger partial charge in [-0.2, -0.15) is 0 Å². The van der Waals surface area contributed by atoms with Crippen LogP contribution in [0.15, 0.2) is 54.7 Å². The van der Waals surface area contributed by atoms with Crippen LogP contribution in [0.25, 0.3) is 33.5 Å². The molecule has 33 heavy (non-hydrogen) atoms. The lowest BCUT2D eigenvalue weighted by molar-refractivity contribution is 0.00794. The molecule has 2 aliphatic rings. The predicted octanol–water partition coefficient (Wildman–Crippen LogP) is 2.92. The number of rotatable bonds is 4. The number of hydrogen-bond acceptors (Lipinski definition) is 7. The summed E-state index contributed by atoms with van der Waals surface area (Å²) in [5, 5.41) is 9.89. The van der Waals surface area contributed by atoms with Crippen LogP contribution in [0.2, 0.25) is 0 Å². The molecule has 3 aromatic heterocycles. The number of H-pyrrole nitrogens is 1. The number of nitrogens with zero attached hydrogens (tertiary/aromatic N) is 2. The number of pyridine rings is 2. The maximum atomic E-state index is 14.9. The summed E-state index contributed by atoms with van der Waals surface area (Å²) in [6.07, 6.45) is -0.123. The number of aliphatic hydroxyl groups excluding tert-OH is 1. The Labute approximate surface area is 188 Å². The number of nitrogens with one attached hydrogen (secondary N) is 1. The lowest BCUT2D eigenvalue weighted by atomic mass is 10.1. The average molecular weight is 448 g/mol. The van der Waals surface area contributed by atoms with E-state index >= 15 is 0 Å². The Kier molecular flexibility index (Phi) is 4.75. The molecule has 0 spiro atoms. The van der Waals surface area contributed by atoms with E-state index in [2.05, 4.69) is 15.0 Å². The highest BCUT2D eigenvalue weighted by atomic mass is 19.1. The van der Waals surface area contributed by atoms with Crippen LogP contribution < -0.4 is 10.5 Å². The first-order valence-corrected chi connectivity index (χ1v) is 10.6. The Morgan fingerprint density at radius 2 is 1.82 bits per heavy atom. The molecule has 4 N–H and O–H groups in total. The van der Waals surface area contributed by atoms with Gasteiger partial charge in [-0.1, -0.05) is 24.3 Å². The summed E-state index contributed by atoms with van der Waals surface area (Å²) < 4.78 is 32.1. The maximum Gasteiger partial charge on any atom is 0.193 e. The van der Waals surface area contributed by atoms with E-state index in [1.807, 2.05) is 30.3 Å². The lowest BCUT2D eigenvalue weighted by Gasteiger charge is -2.16. The number of ether oxygens (including phenoxy) is 3. The largest absolute Gasteiger partial charge is 0.470 e. The van der Waals surface area contributed by atoms with Crippen molar-refractivity contribution < 1.29 is 23.7 Å². The SMILES string of the molecule is Nc1ccc(-c2ccc(-c3nc4cc(O[C@@H]5COC6[C@H](O)CO[C@@H]65)[nH]c4cc3F)cc2)nc1. The third-order valence-corrected chi connectivity index (χ3v) is 6.03. The second-order valence-electron chi connectivity index (χ2n) is 8.26. The number of nitrogens with two attached hydrogens (primary N) is 1. The molecule has 0 bridgehead atoms. The first kappa shape index (κ1) is 20.1. The minimum absolute atomic E-state index is 0.227. The molecular formula is C24H21FN4O4. The zero-order valence-corrected chi connectivity index (χ0v) is 17.4. The van der Waals surface area contributed by atoms with Crippen molar-refractivity contribution in [3.8, 4) is 28.4 Å². The number of nitrogen functional groups attached to an aromatic ring is 1. The number of fused-ring (bicyclic) bond motifs is 2. The highest BCUT2D eigenvalue weighted by molar-refractivity contribution is 5.81. The van der Waals surface area contributed by atoms with E-state index < -0.39 is 11.9 Å². The Morgan fingerprint density at radius 3 is 2.61 bits per heavy atom. The summed E-state index contributed by atoms with van der Waals surface area (Å²) in [5.41, 5.74) is 9.97. The average Bonchev–Trinajstić information content (AvgIpc) is 3.51. The first-order chi connectivity index (χ1) is 16.0. The van der Waals surface area contributed by atoms with Crippen molar-refractivity contribution in [3.63, 3.8) is 0 Å². The summed E-state index contributed by atoms with van der Waals surface area (Å²) in [7, 11) is 0. The normalized spacial score (nSPS) is 24.3. The highest BCUT2D eigenvalue weighted by Gasteiger charge is 2.48. The van der Waals surface area contributed by atoms with E-state index in [1.165, 1.54) is 6.07 Å². The topological polar surface area (TPSA) is 116 Å². The van der Waals surface area contributed by atoms with E-state index in [9.17, 15) is 9.50 Å². The van der Waals surface area contributed by atoms with Gasteiger partial charge >= 0.3 is 0 Å². The molecule has 6 rings (SSSR count). The number of aromatic nitrogens is 3. The van der Waals surface area contributed by atoms with E-state index in [-0.39, 0.29) is 30.6 Å². The van der Waals surface area contributed by atoms with Gasteiger partial charge in [-0.25, -0.2) is 9.37 Å². The molecule has 168 valence electrons. The number of aromatic amines is 1. The van der Waals surface area contributed by atoms with Crippen molar-refractivity contribution in [2.75, 3.05) is 18.9 Å². The van der Waals surface area contributed by atoms with Crippen LogP contribution in [0.3, 0.4) is 0 Å². The van der Waals surface area contributed by atoms with Crippen LogP contribution in [0.1, 0.15) is 0 Å². The molecule has 0 saturated carbocycles. The molecule has 2 aliphatic heterocycles. The van der Waals surface area contributed by atoms with Crippen LogP contribution in [0.5, 0.6) is 5.88 Å². The number of anilines is 1. The molecule has 4 atom stereocenters. The van der Waals surface area contributed by atoms with Gasteiger partial charge < -0.3 is 30.0 Å². The molecule has 8 nitrogen and oxygen atoms in total. The Bertz CT molecular complexity index is 1310. The van der Waals surface area contributed by atoms with Gasteiger partial charge in [0, 0.05) is 23.3 Å². The van der Waals surface area contributed by atoms with Crippen molar-refractivity contribution in [1.82, 2.24) is 15.0 Å². The van der Waals surface area contributed by atoms with Crippen LogP contribution in [0, 0.1) is 5.82 Å². The molecule has 1 aromatic carbocycles. The molecule has 0 amide bonds. The second kappa shape index (κ2) is 7.80. The van der Waals surface area contributed by atoms with Gasteiger partial charge in [0.2, 0.25) is 0 Å². The summed E-state index contributed by atoms with van der Waals surface area (Å²) in [6, 6.07) is 14.1. The van der Waals surface area contributed by atoms with Gasteiger partial charge in [-0.05, 0) is 12.1 Å². The Morgan fingerprint density at radius 1 is 1.03 bits per heavy atom. The summed E-state index contributed by atoms with van der Waals surface area (Å²) >= 11 is 0. The van der Waals surface area contributed by atoms with E-state index in [0.717, 1.165) is 11.3 Å². The molecule has 5 heterocycles. The van der Waals surface area contributed by atoms with Crippen LogP contribution in [0.4, 0.5) is 10.1 Å². The molecule has 2 fully saturated rings. The van der Waals surface area contributed by atoms with E-state index in [1.54, 1.807) is 18.3 Å². The summed E-state index contributed by atoms with van der Waals surface area (Å²) in [6.45, 7) is 0.537. The second-order valence-corrected chi connectivity index (χ2v) is 8.26. The van der Waals surface area contributed by atoms with Gasteiger partial charge in [0.05, 0.1) is 41.8 Å². The number of halogens is 1. The fourth-order valence-electron chi connectivity index (χ4n) is 4.36. The molecule has 9 heteroatoms. The molecule has 2 saturated heterocycles. The van der Waals surface area contributed by atoms with Crippen molar-refractivity contribution >= 4 is 16.7 Å². The zero-order chi connectivity index (χ0) is 22.5. The molecule has 0 aliphatic carbocycles. The smallest absolute Gasteiger partial charge is 0.193 e. The van der Waals surface area contributed by atoms with Gasteiger partial charge in [-0.3, -0.25) is 4.98 Å². The quantitative estimate of drug-likeness (QED) is 0.440. The molecule has 0 radical (unpaired) electrons. The van der Waals surface area contributed by atoms with Crippen molar-refractivity contribution in [1.29, 1.82) is 0 Å². The Balaban J connectivity index is 1.25. The molecule has 1 unspecified atom stereocenters. The third-order valence-electron chi connectivity index (χ3n) is 6.03. The summed E-state index contributed by atoms with van der Waals surface area (Å²) in [4.78, 5) is 11.9. The van der Waals surface area contributed by atoms with Crippen LogP contribution in [-0.2, 0) is 9.47 Å². The van der Waals surface area contributed by atoms with Gasteiger partial charge in [0.25, 0.3) is 0 Å². The monoisotopic (exact) mass is 448 g/mol. The van der Waals surface area contributed by atoms with Crippen LogP contribution in [-0.4, -0.2) is 57.7 Å². The number of hydrogen-bond donors (Lipinski definition) is 3. The molecule has 4 aromatic rings. The van der Waals surface area contributed by atoms with E-state index in [0.29, 0.717) is 34.8 Å². The summed E-state index contributed by atoms with van der Waals surface area (Å²) in [5.74, 6) is -0.00108. The van der Waals surface area contributed by atoms with Gasteiger partial charge in [0.15, 0.2) is 17.8 Å². The lowest BCUT2D eigenvalue weighted by Crippen LogP contribution is -2.34. The number of aliphatic hydroxyl groups is 1. The predicted molar refractivity (Wildman–Crippen MR) is 119 cm³/mol. The van der Waals surface area contributed by atoms with Crippen molar-refractivity contribution in [2.24, 2.45) is 0 Å². The fraction of sp³-hybridized carbons (Fsp3) is 0.250.